The van der Waals surface area contributed by atoms with E-state index in [1.54, 1.807) is 6.20 Å². The van der Waals surface area contributed by atoms with Crippen LogP contribution in [0.3, 0.4) is 0 Å². The van der Waals surface area contributed by atoms with Gasteiger partial charge in [-0.1, -0.05) is 42.7 Å². The summed E-state index contributed by atoms with van der Waals surface area (Å²) in [7, 11) is 0. The summed E-state index contributed by atoms with van der Waals surface area (Å²) in [6.45, 7) is 2.84. The summed E-state index contributed by atoms with van der Waals surface area (Å²) in [6, 6.07) is 8.93. The van der Waals surface area contributed by atoms with Crippen molar-refractivity contribution in [2.45, 2.75) is 45.2 Å². The molecule has 0 atom stereocenters. The zero-order valence-electron chi connectivity index (χ0n) is 13.7. The number of fused-ring (bicyclic) bond motifs is 1. The second-order valence-electron chi connectivity index (χ2n) is 6.43. The van der Waals surface area contributed by atoms with Crippen molar-refractivity contribution in [1.82, 2.24) is 19.5 Å². The third kappa shape index (κ3) is 2.96. The van der Waals surface area contributed by atoms with Gasteiger partial charge in [0.2, 0.25) is 11.2 Å². The van der Waals surface area contributed by atoms with Crippen LogP contribution >= 0.6 is 11.6 Å². The first-order chi connectivity index (χ1) is 11.7. The molecule has 0 bridgehead atoms. The highest BCUT2D eigenvalue weighted by molar-refractivity contribution is 6.28. The van der Waals surface area contributed by atoms with Gasteiger partial charge in [-0.25, -0.2) is 9.97 Å². The summed E-state index contributed by atoms with van der Waals surface area (Å²) < 4.78 is 2.21. The zero-order chi connectivity index (χ0) is 16.5. The van der Waals surface area contributed by atoms with E-state index in [0.29, 0.717) is 6.04 Å². The highest BCUT2D eigenvalue weighted by atomic mass is 35.5. The van der Waals surface area contributed by atoms with Crippen LogP contribution in [0.25, 0.3) is 11.2 Å². The molecule has 0 spiro atoms. The van der Waals surface area contributed by atoms with E-state index in [-0.39, 0.29) is 5.28 Å². The van der Waals surface area contributed by atoms with Crippen LogP contribution in [0.5, 0.6) is 0 Å². The van der Waals surface area contributed by atoms with Crippen molar-refractivity contribution in [3.63, 3.8) is 0 Å². The Hall–Kier alpha value is -2.14. The van der Waals surface area contributed by atoms with E-state index in [1.807, 2.05) is 0 Å². The monoisotopic (exact) mass is 341 g/mol. The van der Waals surface area contributed by atoms with E-state index >= 15 is 0 Å². The lowest BCUT2D eigenvalue weighted by Crippen LogP contribution is -2.12. The maximum absolute atomic E-state index is 6.01. The van der Waals surface area contributed by atoms with Gasteiger partial charge in [-0.3, -0.25) is 4.57 Å². The van der Waals surface area contributed by atoms with Gasteiger partial charge < -0.3 is 5.32 Å². The lowest BCUT2D eigenvalue weighted by Gasteiger charge is -2.16. The van der Waals surface area contributed by atoms with Crippen molar-refractivity contribution >= 4 is 28.7 Å². The Morgan fingerprint density at radius 3 is 2.88 bits per heavy atom. The Kier molecular flexibility index (Phi) is 4.10. The summed E-state index contributed by atoms with van der Waals surface area (Å²) in [4.78, 5) is 13.2. The van der Waals surface area contributed by atoms with Crippen molar-refractivity contribution in [2.75, 3.05) is 5.32 Å². The predicted molar refractivity (Wildman–Crippen MR) is 96.3 cm³/mol. The standard InChI is InChI=1S/C18H20ClN5/c1-12-5-4-6-13(9-12)10-21-18-22-15-11-20-17(19)23-16(15)24(18)14-7-2-3-8-14/h4-6,9,11,14H,2-3,7-8,10H2,1H3,(H,21,22). The van der Waals surface area contributed by atoms with Crippen LogP contribution in [0.2, 0.25) is 5.28 Å². The second-order valence-corrected chi connectivity index (χ2v) is 6.77. The number of rotatable bonds is 4. The van der Waals surface area contributed by atoms with Crippen LogP contribution in [0.4, 0.5) is 5.95 Å². The van der Waals surface area contributed by atoms with Crippen LogP contribution in [0.15, 0.2) is 30.5 Å². The Morgan fingerprint density at radius 2 is 2.08 bits per heavy atom. The summed E-state index contributed by atoms with van der Waals surface area (Å²) in [5, 5.41) is 3.75. The number of anilines is 1. The smallest absolute Gasteiger partial charge is 0.224 e. The number of benzene rings is 1. The fourth-order valence-corrected chi connectivity index (χ4v) is 3.64. The van der Waals surface area contributed by atoms with Gasteiger partial charge in [0, 0.05) is 12.6 Å². The Morgan fingerprint density at radius 1 is 1.25 bits per heavy atom. The van der Waals surface area contributed by atoms with Gasteiger partial charge in [-0.15, -0.1) is 0 Å². The number of aromatic nitrogens is 4. The first-order valence-electron chi connectivity index (χ1n) is 8.40. The van der Waals surface area contributed by atoms with E-state index in [0.717, 1.165) is 36.5 Å². The molecular formula is C18H20ClN5. The molecule has 1 N–H and O–H groups in total. The fraction of sp³-hybridized carbons (Fsp3) is 0.389. The van der Waals surface area contributed by atoms with Gasteiger partial charge in [-0.05, 0) is 36.9 Å². The van der Waals surface area contributed by atoms with Crippen LogP contribution < -0.4 is 5.32 Å². The van der Waals surface area contributed by atoms with Gasteiger partial charge in [0.15, 0.2) is 5.65 Å². The average Bonchev–Trinajstić information content (AvgIpc) is 3.19. The molecular weight excluding hydrogens is 322 g/mol. The van der Waals surface area contributed by atoms with Gasteiger partial charge in [0.25, 0.3) is 0 Å². The van der Waals surface area contributed by atoms with Crippen molar-refractivity contribution in [3.8, 4) is 0 Å². The zero-order valence-corrected chi connectivity index (χ0v) is 14.4. The van der Waals surface area contributed by atoms with E-state index < -0.39 is 0 Å². The number of imidazole rings is 1. The lowest BCUT2D eigenvalue weighted by atomic mass is 10.1. The Labute approximate surface area is 146 Å². The largest absolute Gasteiger partial charge is 0.352 e. The summed E-state index contributed by atoms with van der Waals surface area (Å²) in [5.41, 5.74) is 4.12. The Bertz CT molecular complexity index is 867. The SMILES string of the molecule is Cc1cccc(CNc2nc3cnc(Cl)nc3n2C2CCCC2)c1. The molecule has 1 saturated carbocycles. The minimum atomic E-state index is 0.270. The molecule has 0 aliphatic heterocycles. The molecule has 1 aromatic carbocycles. The number of halogens is 1. The molecule has 4 rings (SSSR count). The predicted octanol–water partition coefficient (Wildman–Crippen LogP) is 4.52. The Balaban J connectivity index is 1.69. The van der Waals surface area contributed by atoms with Crippen LogP contribution in [-0.4, -0.2) is 19.5 Å². The minimum absolute atomic E-state index is 0.270. The molecule has 124 valence electrons. The van der Waals surface area contributed by atoms with E-state index in [1.165, 1.54) is 24.0 Å². The molecule has 0 amide bonds. The van der Waals surface area contributed by atoms with Crippen LogP contribution in [0, 0.1) is 6.92 Å². The third-order valence-electron chi connectivity index (χ3n) is 4.63. The molecule has 24 heavy (non-hydrogen) atoms. The van der Waals surface area contributed by atoms with E-state index in [9.17, 15) is 0 Å². The summed E-state index contributed by atoms with van der Waals surface area (Å²) >= 11 is 6.01. The second kappa shape index (κ2) is 6.40. The normalized spacial score (nSPS) is 15.2. The van der Waals surface area contributed by atoms with E-state index in [4.69, 9.17) is 16.6 Å². The molecule has 0 radical (unpaired) electrons. The first kappa shape index (κ1) is 15.4. The fourth-order valence-electron chi connectivity index (χ4n) is 3.51. The number of nitrogens with one attached hydrogen (secondary N) is 1. The van der Waals surface area contributed by atoms with Crippen molar-refractivity contribution in [2.24, 2.45) is 0 Å². The summed E-state index contributed by atoms with van der Waals surface area (Å²) in [6.07, 6.45) is 6.52. The van der Waals surface area contributed by atoms with Gasteiger partial charge in [0.1, 0.15) is 5.52 Å². The molecule has 2 heterocycles. The van der Waals surface area contributed by atoms with Crippen LogP contribution in [0.1, 0.15) is 42.9 Å². The summed E-state index contributed by atoms with van der Waals surface area (Å²) in [5.74, 6) is 0.856. The van der Waals surface area contributed by atoms with Crippen molar-refractivity contribution in [3.05, 3.63) is 46.9 Å². The van der Waals surface area contributed by atoms with E-state index in [2.05, 4.69) is 51.0 Å². The lowest BCUT2D eigenvalue weighted by molar-refractivity contribution is 0.533. The highest BCUT2D eigenvalue weighted by Crippen LogP contribution is 2.35. The molecule has 6 heteroatoms. The van der Waals surface area contributed by atoms with Crippen molar-refractivity contribution in [1.29, 1.82) is 0 Å². The molecule has 0 unspecified atom stereocenters. The maximum Gasteiger partial charge on any atom is 0.224 e. The van der Waals surface area contributed by atoms with Gasteiger partial charge >= 0.3 is 0 Å². The molecule has 1 aliphatic carbocycles. The first-order valence-corrected chi connectivity index (χ1v) is 8.78. The number of hydrogen-bond acceptors (Lipinski definition) is 4. The number of aryl methyl sites for hydroxylation is 1. The van der Waals surface area contributed by atoms with Gasteiger partial charge in [-0.2, -0.15) is 4.98 Å². The molecule has 2 aromatic heterocycles. The number of hydrogen-bond donors (Lipinski definition) is 1. The average molecular weight is 342 g/mol. The van der Waals surface area contributed by atoms with Crippen molar-refractivity contribution < 1.29 is 0 Å². The molecule has 5 nitrogen and oxygen atoms in total. The van der Waals surface area contributed by atoms with Gasteiger partial charge in [0.05, 0.1) is 6.20 Å². The quantitative estimate of drug-likeness (QED) is 0.709. The molecule has 0 saturated heterocycles. The molecule has 3 aromatic rings. The topological polar surface area (TPSA) is 55.6 Å². The highest BCUT2D eigenvalue weighted by Gasteiger charge is 2.23. The maximum atomic E-state index is 6.01. The third-order valence-corrected chi connectivity index (χ3v) is 4.81. The van der Waals surface area contributed by atoms with Crippen LogP contribution in [-0.2, 0) is 6.54 Å². The number of nitrogens with zero attached hydrogens (tertiary/aromatic N) is 4. The molecule has 1 aliphatic rings. The minimum Gasteiger partial charge on any atom is -0.352 e. The molecule has 1 fully saturated rings.